The lowest BCUT2D eigenvalue weighted by molar-refractivity contribution is -0.274. The van der Waals surface area contributed by atoms with E-state index in [2.05, 4.69) is 16.6 Å². The van der Waals surface area contributed by atoms with Gasteiger partial charge in [0.15, 0.2) is 0 Å². The second kappa shape index (κ2) is 9.35. The van der Waals surface area contributed by atoms with Crippen molar-refractivity contribution in [2.45, 2.75) is 18.9 Å². The van der Waals surface area contributed by atoms with Crippen LogP contribution >= 0.6 is 0 Å². The zero-order valence-corrected chi connectivity index (χ0v) is 17.9. The number of benzene rings is 3. The van der Waals surface area contributed by atoms with Gasteiger partial charge in [-0.3, -0.25) is 4.79 Å². The Balaban J connectivity index is 1.70. The summed E-state index contributed by atoms with van der Waals surface area (Å²) in [6, 6.07) is 18.9. The molecule has 1 aliphatic rings. The van der Waals surface area contributed by atoms with Crippen LogP contribution in [0.3, 0.4) is 0 Å². The highest BCUT2D eigenvalue weighted by Crippen LogP contribution is 2.39. The molecule has 1 aliphatic heterocycles. The molecule has 0 fully saturated rings. The second-order valence-corrected chi connectivity index (χ2v) is 7.68. The molecule has 0 saturated carbocycles. The van der Waals surface area contributed by atoms with Crippen LogP contribution in [-0.2, 0) is 11.3 Å². The van der Waals surface area contributed by atoms with Gasteiger partial charge >= 0.3 is 6.36 Å². The van der Waals surface area contributed by atoms with E-state index >= 15 is 0 Å². The van der Waals surface area contributed by atoms with Gasteiger partial charge in [0, 0.05) is 18.4 Å². The molecule has 0 radical (unpaired) electrons. The highest BCUT2D eigenvalue weighted by molar-refractivity contribution is 6.25. The van der Waals surface area contributed by atoms with E-state index in [9.17, 15) is 23.1 Å². The number of hydrogen-bond donors (Lipinski definition) is 2. The first kappa shape index (κ1) is 23.0. The highest BCUT2D eigenvalue weighted by atomic mass is 19.4. The minimum Gasteiger partial charge on any atom is -0.508 e. The van der Waals surface area contributed by atoms with Crippen molar-refractivity contribution in [2.75, 3.05) is 5.32 Å². The number of aromatic hydroxyl groups is 1. The number of phenols is 1. The van der Waals surface area contributed by atoms with Crippen LogP contribution in [0.5, 0.6) is 11.5 Å². The van der Waals surface area contributed by atoms with E-state index < -0.39 is 12.4 Å². The first-order valence-corrected chi connectivity index (χ1v) is 10.4. The average molecular weight is 466 g/mol. The molecule has 0 aliphatic carbocycles. The summed E-state index contributed by atoms with van der Waals surface area (Å²) < 4.78 is 42.0. The van der Waals surface area contributed by atoms with Gasteiger partial charge in [-0.25, -0.2) is 0 Å². The zero-order chi connectivity index (χ0) is 24.3. The average Bonchev–Trinajstić information content (AvgIpc) is 2.78. The van der Waals surface area contributed by atoms with Crippen molar-refractivity contribution in [3.63, 3.8) is 0 Å². The van der Waals surface area contributed by atoms with Gasteiger partial charge in [-0.1, -0.05) is 42.5 Å². The lowest BCUT2D eigenvalue weighted by Gasteiger charge is -2.35. The van der Waals surface area contributed by atoms with Gasteiger partial charge < -0.3 is 20.1 Å². The number of halogens is 3. The highest BCUT2D eigenvalue weighted by Gasteiger charge is 2.32. The summed E-state index contributed by atoms with van der Waals surface area (Å²) in [5, 5.41) is 12.9. The number of alkyl halides is 3. The molecule has 5 nitrogen and oxygen atoms in total. The number of hydrogen-bond acceptors (Lipinski definition) is 4. The molecule has 1 heterocycles. The van der Waals surface area contributed by atoms with Gasteiger partial charge in [0.1, 0.15) is 11.5 Å². The summed E-state index contributed by atoms with van der Waals surface area (Å²) in [6.45, 7) is 4.05. The lowest BCUT2D eigenvalue weighted by atomic mass is 9.89. The number of phenolic OH excluding ortho intramolecular Hbond substituents is 1. The molecule has 0 spiro atoms. The molecule has 8 heteroatoms. The van der Waals surface area contributed by atoms with E-state index in [1.165, 1.54) is 24.3 Å². The normalized spacial score (nSPS) is 15.2. The molecule has 0 bridgehead atoms. The minimum absolute atomic E-state index is 0.0239. The third-order valence-corrected chi connectivity index (χ3v) is 5.29. The molecule has 0 aromatic heterocycles. The fourth-order valence-electron chi connectivity index (χ4n) is 3.89. The molecule has 1 amide bonds. The van der Waals surface area contributed by atoms with Gasteiger partial charge in [0.05, 0.1) is 11.6 Å². The smallest absolute Gasteiger partial charge is 0.508 e. The summed E-state index contributed by atoms with van der Waals surface area (Å²) in [7, 11) is 0. The van der Waals surface area contributed by atoms with Crippen LogP contribution in [0.2, 0.25) is 0 Å². The van der Waals surface area contributed by atoms with Crippen molar-refractivity contribution >= 4 is 17.2 Å². The molecule has 3 aromatic carbocycles. The Morgan fingerprint density at radius 3 is 2.56 bits per heavy atom. The van der Waals surface area contributed by atoms with Crippen molar-refractivity contribution in [2.24, 2.45) is 0 Å². The predicted octanol–water partition coefficient (Wildman–Crippen LogP) is 6.01. The molecule has 0 saturated heterocycles. The van der Waals surface area contributed by atoms with E-state index in [1.807, 2.05) is 6.07 Å². The SMILES string of the molecule is C=CC1c2cc(O)ccc2C(C(=O)Nc2ccccc2)=CN1Cc1cccc(OC(F)(F)F)c1. The first-order valence-electron chi connectivity index (χ1n) is 10.4. The predicted molar refractivity (Wildman–Crippen MR) is 123 cm³/mol. The molecular formula is C26H21F3N2O3. The van der Waals surface area contributed by atoms with Gasteiger partial charge in [-0.15, -0.1) is 19.8 Å². The molecule has 1 unspecified atom stereocenters. The van der Waals surface area contributed by atoms with Gasteiger partial charge in [-0.05, 0) is 53.1 Å². The van der Waals surface area contributed by atoms with Gasteiger partial charge in [0.25, 0.3) is 5.91 Å². The number of carbonyl (C=O) groups is 1. The maximum Gasteiger partial charge on any atom is 0.573 e. The maximum absolute atomic E-state index is 13.2. The fourth-order valence-corrected chi connectivity index (χ4v) is 3.89. The maximum atomic E-state index is 13.2. The van der Waals surface area contributed by atoms with Crippen LogP contribution in [0.25, 0.3) is 5.57 Å². The number of ether oxygens (including phenoxy) is 1. The van der Waals surface area contributed by atoms with E-state index in [0.29, 0.717) is 28.0 Å². The fraction of sp³-hybridized carbons (Fsp3) is 0.115. The number of para-hydroxylation sites is 1. The van der Waals surface area contributed by atoms with E-state index in [1.54, 1.807) is 59.6 Å². The number of fused-ring (bicyclic) bond motifs is 1. The number of amides is 1. The third-order valence-electron chi connectivity index (χ3n) is 5.29. The lowest BCUT2D eigenvalue weighted by Crippen LogP contribution is -2.29. The summed E-state index contributed by atoms with van der Waals surface area (Å²) in [6.07, 6.45) is -1.50. The van der Waals surface area contributed by atoms with E-state index in [0.717, 1.165) is 0 Å². The van der Waals surface area contributed by atoms with E-state index in [-0.39, 0.29) is 24.0 Å². The van der Waals surface area contributed by atoms with Crippen molar-refractivity contribution in [1.29, 1.82) is 0 Å². The number of nitrogens with one attached hydrogen (secondary N) is 1. The Morgan fingerprint density at radius 2 is 1.85 bits per heavy atom. The quantitative estimate of drug-likeness (QED) is 0.437. The van der Waals surface area contributed by atoms with Crippen LogP contribution in [0.15, 0.2) is 91.7 Å². The molecule has 174 valence electrons. The third kappa shape index (κ3) is 5.23. The summed E-state index contributed by atoms with van der Waals surface area (Å²) in [5.41, 5.74) is 2.78. The van der Waals surface area contributed by atoms with Crippen molar-refractivity contribution in [3.05, 3.63) is 108 Å². The Bertz CT molecular complexity index is 1240. The van der Waals surface area contributed by atoms with Crippen LogP contribution in [-0.4, -0.2) is 22.3 Å². The summed E-state index contributed by atoms with van der Waals surface area (Å²) in [5.74, 6) is -0.670. The Kier molecular flexibility index (Phi) is 6.32. The topological polar surface area (TPSA) is 61.8 Å². The number of nitrogens with zero attached hydrogens (tertiary/aromatic N) is 1. The van der Waals surface area contributed by atoms with Crippen LogP contribution in [0.4, 0.5) is 18.9 Å². The minimum atomic E-state index is -4.80. The van der Waals surface area contributed by atoms with E-state index in [4.69, 9.17) is 0 Å². The van der Waals surface area contributed by atoms with Crippen molar-refractivity contribution in [1.82, 2.24) is 4.90 Å². The molecule has 1 atom stereocenters. The standard InChI is InChI=1S/C26H21F3N2O3/c1-2-24-22-14-19(32)11-12-21(22)23(25(33)30-18-8-4-3-5-9-18)16-31(24)15-17-7-6-10-20(13-17)34-26(27,28)29/h2-14,16,24,32H,1,15H2,(H,30,33). The monoisotopic (exact) mass is 466 g/mol. The molecule has 2 N–H and O–H groups in total. The Hall–Kier alpha value is -4.20. The van der Waals surface area contributed by atoms with Crippen LogP contribution < -0.4 is 10.1 Å². The number of carbonyl (C=O) groups excluding carboxylic acids is 1. The number of rotatable bonds is 6. The molecule has 34 heavy (non-hydrogen) atoms. The Morgan fingerprint density at radius 1 is 1.09 bits per heavy atom. The Labute approximate surface area is 194 Å². The summed E-state index contributed by atoms with van der Waals surface area (Å²) in [4.78, 5) is 15.0. The van der Waals surface area contributed by atoms with Crippen LogP contribution in [0.1, 0.15) is 22.7 Å². The zero-order valence-electron chi connectivity index (χ0n) is 17.9. The molecular weight excluding hydrogens is 445 g/mol. The number of anilines is 1. The van der Waals surface area contributed by atoms with Crippen molar-refractivity contribution < 1.29 is 27.8 Å². The van der Waals surface area contributed by atoms with Gasteiger partial charge in [0.2, 0.25) is 0 Å². The van der Waals surface area contributed by atoms with Gasteiger partial charge in [-0.2, -0.15) is 0 Å². The second-order valence-electron chi connectivity index (χ2n) is 7.68. The molecule has 4 rings (SSSR count). The largest absolute Gasteiger partial charge is 0.573 e. The molecule has 3 aromatic rings. The van der Waals surface area contributed by atoms with Crippen LogP contribution in [0, 0.1) is 0 Å². The van der Waals surface area contributed by atoms with Crippen molar-refractivity contribution in [3.8, 4) is 11.5 Å². The summed E-state index contributed by atoms with van der Waals surface area (Å²) >= 11 is 0. The first-order chi connectivity index (χ1) is 16.2.